The molecule has 0 aliphatic rings. The molecule has 0 aromatic heterocycles. The number of aldehydes is 1. The molecule has 1 aromatic rings. The average molecular weight is 195 g/mol. The van der Waals surface area contributed by atoms with Gasteiger partial charge in [-0.1, -0.05) is 0 Å². The van der Waals surface area contributed by atoms with E-state index in [1.807, 2.05) is 0 Å². The molecule has 1 aromatic carbocycles. The van der Waals surface area contributed by atoms with E-state index < -0.39 is 12.6 Å². The number of anilines is 1. The van der Waals surface area contributed by atoms with E-state index >= 15 is 0 Å². The van der Waals surface area contributed by atoms with Crippen molar-refractivity contribution in [3.05, 3.63) is 23.8 Å². The molecule has 0 spiro atoms. The van der Waals surface area contributed by atoms with Crippen LogP contribution in [0.1, 0.15) is 10.4 Å². The van der Waals surface area contributed by atoms with E-state index in [-0.39, 0.29) is 5.69 Å². The molecule has 0 unspecified atom stereocenters. The Morgan fingerprint density at radius 3 is 2.79 bits per heavy atom. The molecule has 1 rings (SSSR count). The van der Waals surface area contributed by atoms with Gasteiger partial charge in [0.1, 0.15) is 5.75 Å². The second-order valence-electron chi connectivity index (χ2n) is 2.59. The Kier molecular flexibility index (Phi) is 3.06. The molecule has 74 valence electrons. The van der Waals surface area contributed by atoms with Gasteiger partial charge >= 0.3 is 5.97 Å². The first-order valence-electron chi connectivity index (χ1n) is 3.83. The number of nitrogen functional groups attached to an aromatic ring is 1. The SMILES string of the molecule is Nc1cc(OCC(=O)O)ccc1C=O. The van der Waals surface area contributed by atoms with Crippen molar-refractivity contribution in [3.8, 4) is 5.75 Å². The lowest BCUT2D eigenvalue weighted by Crippen LogP contribution is -2.09. The third-order valence-corrected chi connectivity index (χ3v) is 1.55. The molecule has 14 heavy (non-hydrogen) atoms. The summed E-state index contributed by atoms with van der Waals surface area (Å²) in [6.45, 7) is -0.431. The van der Waals surface area contributed by atoms with Gasteiger partial charge < -0.3 is 15.6 Å². The van der Waals surface area contributed by atoms with Gasteiger partial charge in [-0.2, -0.15) is 0 Å². The Hall–Kier alpha value is -2.04. The topological polar surface area (TPSA) is 89.6 Å². The summed E-state index contributed by atoms with van der Waals surface area (Å²) in [4.78, 5) is 20.6. The van der Waals surface area contributed by atoms with Crippen molar-refractivity contribution in [1.82, 2.24) is 0 Å². The summed E-state index contributed by atoms with van der Waals surface area (Å²) in [6.07, 6.45) is 0.621. The Morgan fingerprint density at radius 1 is 1.57 bits per heavy atom. The van der Waals surface area contributed by atoms with Crippen molar-refractivity contribution >= 4 is 17.9 Å². The molecule has 3 N–H and O–H groups in total. The van der Waals surface area contributed by atoms with Crippen molar-refractivity contribution < 1.29 is 19.4 Å². The van der Waals surface area contributed by atoms with E-state index in [1.54, 1.807) is 0 Å². The Bertz CT molecular complexity index is 362. The molecule has 0 aliphatic heterocycles. The zero-order valence-electron chi connectivity index (χ0n) is 7.27. The molecule has 0 saturated heterocycles. The van der Waals surface area contributed by atoms with Crippen LogP contribution in [0.15, 0.2) is 18.2 Å². The number of aliphatic carboxylic acids is 1. The van der Waals surface area contributed by atoms with E-state index in [4.69, 9.17) is 15.6 Å². The van der Waals surface area contributed by atoms with Crippen LogP contribution in [0, 0.1) is 0 Å². The van der Waals surface area contributed by atoms with Crippen molar-refractivity contribution in [2.24, 2.45) is 0 Å². The molecule has 0 atom stereocenters. The van der Waals surface area contributed by atoms with Gasteiger partial charge in [0.25, 0.3) is 0 Å². The van der Waals surface area contributed by atoms with E-state index in [0.29, 0.717) is 17.6 Å². The lowest BCUT2D eigenvalue weighted by Gasteiger charge is -2.04. The second kappa shape index (κ2) is 4.27. The Labute approximate surface area is 80.1 Å². The number of carboxylic acids is 1. The highest BCUT2D eigenvalue weighted by Gasteiger charge is 2.02. The first kappa shape index (κ1) is 10.0. The maximum absolute atomic E-state index is 10.4. The number of benzene rings is 1. The van der Waals surface area contributed by atoms with Crippen LogP contribution < -0.4 is 10.5 Å². The number of hydrogen-bond acceptors (Lipinski definition) is 4. The summed E-state index contributed by atoms with van der Waals surface area (Å²) in [6, 6.07) is 4.37. The van der Waals surface area contributed by atoms with Crippen molar-refractivity contribution in [2.75, 3.05) is 12.3 Å². The van der Waals surface area contributed by atoms with Gasteiger partial charge in [0.2, 0.25) is 0 Å². The van der Waals surface area contributed by atoms with Gasteiger partial charge in [-0.15, -0.1) is 0 Å². The summed E-state index contributed by atoms with van der Waals surface area (Å²) >= 11 is 0. The highest BCUT2D eigenvalue weighted by Crippen LogP contribution is 2.18. The lowest BCUT2D eigenvalue weighted by molar-refractivity contribution is -0.139. The van der Waals surface area contributed by atoms with Crippen LogP contribution >= 0.6 is 0 Å². The third kappa shape index (κ3) is 2.48. The maximum Gasteiger partial charge on any atom is 0.341 e. The van der Waals surface area contributed by atoms with Crippen LogP contribution in [0.2, 0.25) is 0 Å². The Morgan fingerprint density at radius 2 is 2.29 bits per heavy atom. The molecule has 0 aliphatic carbocycles. The minimum atomic E-state index is -1.07. The van der Waals surface area contributed by atoms with Crippen LogP contribution in [0.3, 0.4) is 0 Å². The first-order chi connectivity index (χ1) is 6.63. The number of carboxylic acid groups (broad SMARTS) is 1. The number of hydrogen-bond donors (Lipinski definition) is 2. The highest BCUT2D eigenvalue weighted by molar-refractivity contribution is 5.83. The molecular formula is C9H9NO4. The summed E-state index contributed by atoms with van der Waals surface area (Å²) in [5.74, 6) is -0.737. The molecule has 0 bridgehead atoms. The van der Waals surface area contributed by atoms with Gasteiger partial charge in [-0.25, -0.2) is 4.79 Å². The van der Waals surface area contributed by atoms with Gasteiger partial charge in [-0.05, 0) is 12.1 Å². The molecule has 0 radical (unpaired) electrons. The second-order valence-corrected chi connectivity index (χ2v) is 2.59. The van der Waals surface area contributed by atoms with Crippen LogP contribution in [0.4, 0.5) is 5.69 Å². The predicted octanol–water partition coefficient (Wildman–Crippen LogP) is 0.545. The fraction of sp³-hybridized carbons (Fsp3) is 0.111. The van der Waals surface area contributed by atoms with Gasteiger partial charge in [-0.3, -0.25) is 4.79 Å². The predicted molar refractivity (Wildman–Crippen MR) is 49.4 cm³/mol. The number of carbonyl (C=O) groups excluding carboxylic acids is 1. The summed E-state index contributed by atoms with van der Waals surface area (Å²) in [5.41, 5.74) is 6.10. The van der Waals surface area contributed by atoms with E-state index in [1.165, 1.54) is 18.2 Å². The summed E-state index contributed by atoms with van der Waals surface area (Å²) in [5, 5.41) is 8.33. The quantitative estimate of drug-likeness (QED) is 0.540. The molecule has 0 heterocycles. The van der Waals surface area contributed by atoms with Crippen molar-refractivity contribution in [2.45, 2.75) is 0 Å². The fourth-order valence-electron chi connectivity index (χ4n) is 0.895. The van der Waals surface area contributed by atoms with Crippen molar-refractivity contribution in [3.63, 3.8) is 0 Å². The molecule has 5 heteroatoms. The number of rotatable bonds is 4. The minimum Gasteiger partial charge on any atom is -0.482 e. The smallest absolute Gasteiger partial charge is 0.341 e. The van der Waals surface area contributed by atoms with E-state index in [2.05, 4.69) is 0 Å². The largest absolute Gasteiger partial charge is 0.482 e. The summed E-state index contributed by atoms with van der Waals surface area (Å²) < 4.78 is 4.85. The number of carbonyl (C=O) groups is 2. The monoisotopic (exact) mass is 195 g/mol. The van der Waals surface area contributed by atoms with Crippen LogP contribution in [-0.4, -0.2) is 24.0 Å². The molecule has 0 amide bonds. The van der Waals surface area contributed by atoms with Gasteiger partial charge in [0, 0.05) is 17.3 Å². The maximum atomic E-state index is 10.4. The van der Waals surface area contributed by atoms with Crippen LogP contribution in [-0.2, 0) is 4.79 Å². The summed E-state index contributed by atoms with van der Waals surface area (Å²) in [7, 11) is 0. The Balaban J connectivity index is 2.76. The first-order valence-corrected chi connectivity index (χ1v) is 3.83. The molecular weight excluding hydrogens is 186 g/mol. The molecule has 5 nitrogen and oxygen atoms in total. The highest BCUT2D eigenvalue weighted by atomic mass is 16.5. The van der Waals surface area contributed by atoms with E-state index in [9.17, 15) is 9.59 Å². The zero-order valence-corrected chi connectivity index (χ0v) is 7.27. The van der Waals surface area contributed by atoms with Crippen LogP contribution in [0.25, 0.3) is 0 Å². The fourth-order valence-corrected chi connectivity index (χ4v) is 0.895. The zero-order chi connectivity index (χ0) is 10.6. The van der Waals surface area contributed by atoms with E-state index in [0.717, 1.165) is 0 Å². The third-order valence-electron chi connectivity index (χ3n) is 1.55. The number of nitrogens with two attached hydrogens (primary N) is 1. The minimum absolute atomic E-state index is 0.267. The average Bonchev–Trinajstić information content (AvgIpc) is 2.15. The molecule has 0 fully saturated rings. The van der Waals surface area contributed by atoms with Gasteiger partial charge in [0.05, 0.1) is 0 Å². The normalized spacial score (nSPS) is 9.43. The lowest BCUT2D eigenvalue weighted by atomic mass is 10.2. The standard InChI is InChI=1S/C9H9NO4/c10-8-3-7(14-5-9(12)13)2-1-6(8)4-11/h1-4H,5,10H2,(H,12,13). The number of ether oxygens (including phenoxy) is 1. The molecule has 0 saturated carbocycles. The van der Waals surface area contributed by atoms with Gasteiger partial charge in [0.15, 0.2) is 12.9 Å². The van der Waals surface area contributed by atoms with Crippen molar-refractivity contribution in [1.29, 1.82) is 0 Å². The van der Waals surface area contributed by atoms with Crippen LogP contribution in [0.5, 0.6) is 5.75 Å².